The van der Waals surface area contributed by atoms with Crippen molar-refractivity contribution in [2.45, 2.75) is 44.4 Å². The van der Waals surface area contributed by atoms with Gasteiger partial charge < -0.3 is 9.47 Å². The van der Waals surface area contributed by atoms with E-state index in [1.54, 1.807) is 0 Å². The van der Waals surface area contributed by atoms with Crippen LogP contribution in [0.1, 0.15) is 36.8 Å². The van der Waals surface area contributed by atoms with E-state index in [-0.39, 0.29) is 5.60 Å². The molecular formula is C23H30N2O2. The molecule has 2 aliphatic rings. The van der Waals surface area contributed by atoms with Gasteiger partial charge in [-0.1, -0.05) is 30.3 Å². The minimum absolute atomic E-state index is 0.0905. The zero-order chi connectivity index (χ0) is 18.4. The molecule has 1 unspecified atom stereocenters. The van der Waals surface area contributed by atoms with Crippen LogP contribution in [0.25, 0.3) is 0 Å². The van der Waals surface area contributed by atoms with Crippen molar-refractivity contribution >= 4 is 0 Å². The molecule has 1 aromatic heterocycles. The minimum atomic E-state index is 0.0905. The third kappa shape index (κ3) is 4.75. The molecule has 4 nitrogen and oxygen atoms in total. The number of hydrogen-bond donors (Lipinski definition) is 0. The Bertz CT molecular complexity index is 684. The van der Waals surface area contributed by atoms with Gasteiger partial charge in [0.05, 0.1) is 12.2 Å². The first-order chi connectivity index (χ1) is 13.3. The van der Waals surface area contributed by atoms with Crippen molar-refractivity contribution in [2.75, 3.05) is 26.3 Å². The Morgan fingerprint density at radius 3 is 2.59 bits per heavy atom. The van der Waals surface area contributed by atoms with Gasteiger partial charge >= 0.3 is 0 Å². The average molecular weight is 367 g/mol. The number of hydrogen-bond acceptors (Lipinski definition) is 4. The average Bonchev–Trinajstić information content (AvgIpc) is 3.11. The second-order valence-electron chi connectivity index (χ2n) is 7.86. The molecular weight excluding hydrogens is 336 g/mol. The SMILES string of the molecule is c1ccc(CN2CCC3(CC2)OCCC3CCOCc2ccncc2)cc1. The number of rotatable bonds is 7. The fourth-order valence-corrected chi connectivity index (χ4v) is 4.57. The number of likely N-dealkylation sites (tertiary alicyclic amines) is 1. The summed E-state index contributed by atoms with van der Waals surface area (Å²) in [7, 11) is 0. The maximum Gasteiger partial charge on any atom is 0.0736 e. The Morgan fingerprint density at radius 2 is 1.81 bits per heavy atom. The molecule has 1 aromatic carbocycles. The first-order valence-corrected chi connectivity index (χ1v) is 10.2. The van der Waals surface area contributed by atoms with Crippen molar-refractivity contribution < 1.29 is 9.47 Å². The lowest BCUT2D eigenvalue weighted by Crippen LogP contribution is -2.47. The van der Waals surface area contributed by atoms with Crippen molar-refractivity contribution in [3.05, 3.63) is 66.0 Å². The molecule has 1 spiro atoms. The van der Waals surface area contributed by atoms with E-state index in [1.807, 2.05) is 24.5 Å². The summed E-state index contributed by atoms with van der Waals surface area (Å²) in [6, 6.07) is 14.8. The molecule has 144 valence electrons. The summed E-state index contributed by atoms with van der Waals surface area (Å²) in [4.78, 5) is 6.62. The Kier molecular flexibility index (Phi) is 6.17. The van der Waals surface area contributed by atoms with Crippen LogP contribution in [0.3, 0.4) is 0 Å². The van der Waals surface area contributed by atoms with Gasteiger partial charge in [-0.3, -0.25) is 9.88 Å². The van der Waals surface area contributed by atoms with Gasteiger partial charge in [0.2, 0.25) is 0 Å². The van der Waals surface area contributed by atoms with Gasteiger partial charge in [-0.15, -0.1) is 0 Å². The largest absolute Gasteiger partial charge is 0.377 e. The molecule has 4 heteroatoms. The first-order valence-electron chi connectivity index (χ1n) is 10.2. The van der Waals surface area contributed by atoms with E-state index in [4.69, 9.17) is 9.47 Å². The molecule has 2 aliphatic heterocycles. The highest BCUT2D eigenvalue weighted by atomic mass is 16.5. The lowest BCUT2D eigenvalue weighted by molar-refractivity contribution is -0.0733. The van der Waals surface area contributed by atoms with Gasteiger partial charge in [-0.05, 0) is 54.9 Å². The first kappa shape index (κ1) is 18.6. The van der Waals surface area contributed by atoms with Gasteiger partial charge in [-0.2, -0.15) is 0 Å². The predicted molar refractivity (Wildman–Crippen MR) is 106 cm³/mol. The normalized spacial score (nSPS) is 22.3. The quantitative estimate of drug-likeness (QED) is 0.692. The molecule has 3 heterocycles. The van der Waals surface area contributed by atoms with Crippen LogP contribution in [0.15, 0.2) is 54.9 Å². The molecule has 0 aliphatic carbocycles. The Balaban J connectivity index is 1.23. The molecule has 0 saturated carbocycles. The van der Waals surface area contributed by atoms with E-state index in [9.17, 15) is 0 Å². The molecule has 4 rings (SSSR count). The Morgan fingerprint density at radius 1 is 1.04 bits per heavy atom. The summed E-state index contributed by atoms with van der Waals surface area (Å²) in [5, 5.41) is 0. The topological polar surface area (TPSA) is 34.6 Å². The molecule has 0 radical (unpaired) electrons. The number of aromatic nitrogens is 1. The molecule has 0 bridgehead atoms. The van der Waals surface area contributed by atoms with Gasteiger partial charge in [0.15, 0.2) is 0 Å². The van der Waals surface area contributed by atoms with E-state index in [1.165, 1.54) is 17.5 Å². The molecule has 0 N–H and O–H groups in total. The summed E-state index contributed by atoms with van der Waals surface area (Å²) in [6.07, 6.45) is 8.22. The number of piperidine rings is 1. The van der Waals surface area contributed by atoms with Crippen LogP contribution in [0, 0.1) is 5.92 Å². The lowest BCUT2D eigenvalue weighted by atomic mass is 9.78. The van der Waals surface area contributed by atoms with Gasteiger partial charge in [0, 0.05) is 45.2 Å². The van der Waals surface area contributed by atoms with Crippen molar-refractivity contribution in [3.8, 4) is 0 Å². The smallest absolute Gasteiger partial charge is 0.0736 e. The van der Waals surface area contributed by atoms with E-state index in [0.717, 1.165) is 52.1 Å². The van der Waals surface area contributed by atoms with Crippen LogP contribution in [0.4, 0.5) is 0 Å². The molecule has 2 aromatic rings. The van der Waals surface area contributed by atoms with E-state index >= 15 is 0 Å². The minimum Gasteiger partial charge on any atom is -0.377 e. The van der Waals surface area contributed by atoms with Crippen LogP contribution in [0.5, 0.6) is 0 Å². The van der Waals surface area contributed by atoms with E-state index in [0.29, 0.717) is 12.5 Å². The standard InChI is InChI=1S/C23H30N2O2/c1-2-4-20(5-3-1)18-25-14-10-23(11-15-25)22(9-17-27-23)8-16-26-19-21-6-12-24-13-7-21/h1-7,12-13,22H,8-11,14-19H2. The number of nitrogens with zero attached hydrogens (tertiary/aromatic N) is 2. The van der Waals surface area contributed by atoms with Crippen molar-refractivity contribution in [1.29, 1.82) is 0 Å². The lowest BCUT2D eigenvalue weighted by Gasteiger charge is -2.42. The molecule has 2 saturated heterocycles. The highest BCUT2D eigenvalue weighted by Crippen LogP contribution is 2.42. The second-order valence-corrected chi connectivity index (χ2v) is 7.86. The number of pyridine rings is 1. The molecule has 2 fully saturated rings. The summed E-state index contributed by atoms with van der Waals surface area (Å²) in [5.41, 5.74) is 2.69. The molecule has 0 amide bonds. The highest BCUT2D eigenvalue weighted by Gasteiger charge is 2.45. The van der Waals surface area contributed by atoms with Crippen LogP contribution in [0.2, 0.25) is 0 Å². The van der Waals surface area contributed by atoms with Crippen molar-refractivity contribution in [3.63, 3.8) is 0 Å². The fraction of sp³-hybridized carbons (Fsp3) is 0.522. The summed E-state index contributed by atoms with van der Waals surface area (Å²) >= 11 is 0. The maximum absolute atomic E-state index is 6.32. The Hall–Kier alpha value is -1.75. The second kappa shape index (κ2) is 8.96. The van der Waals surface area contributed by atoms with Crippen LogP contribution in [-0.4, -0.2) is 41.8 Å². The zero-order valence-electron chi connectivity index (χ0n) is 16.1. The van der Waals surface area contributed by atoms with Crippen LogP contribution < -0.4 is 0 Å². The molecule has 27 heavy (non-hydrogen) atoms. The van der Waals surface area contributed by atoms with Crippen LogP contribution >= 0.6 is 0 Å². The van der Waals surface area contributed by atoms with E-state index in [2.05, 4.69) is 40.2 Å². The maximum atomic E-state index is 6.32. The summed E-state index contributed by atoms with van der Waals surface area (Å²) in [5.74, 6) is 0.633. The fourth-order valence-electron chi connectivity index (χ4n) is 4.57. The number of benzene rings is 1. The molecule has 1 atom stereocenters. The monoisotopic (exact) mass is 366 g/mol. The predicted octanol–water partition coefficient (Wildman–Crippen LogP) is 4.06. The van der Waals surface area contributed by atoms with E-state index < -0.39 is 0 Å². The highest BCUT2D eigenvalue weighted by molar-refractivity contribution is 5.14. The summed E-state index contributed by atoms with van der Waals surface area (Å²) < 4.78 is 12.2. The number of ether oxygens (including phenoxy) is 2. The van der Waals surface area contributed by atoms with Crippen molar-refractivity contribution in [1.82, 2.24) is 9.88 Å². The van der Waals surface area contributed by atoms with Gasteiger partial charge in [0.1, 0.15) is 0 Å². The van der Waals surface area contributed by atoms with Crippen molar-refractivity contribution in [2.24, 2.45) is 5.92 Å². The Labute approximate surface area is 162 Å². The third-order valence-electron chi connectivity index (χ3n) is 6.18. The van der Waals surface area contributed by atoms with Gasteiger partial charge in [-0.25, -0.2) is 0 Å². The summed E-state index contributed by atoms with van der Waals surface area (Å²) in [6.45, 7) is 5.71. The third-order valence-corrected chi connectivity index (χ3v) is 6.18. The zero-order valence-corrected chi connectivity index (χ0v) is 16.1. The van der Waals surface area contributed by atoms with Crippen LogP contribution in [-0.2, 0) is 22.6 Å². The van der Waals surface area contributed by atoms with Gasteiger partial charge in [0.25, 0.3) is 0 Å².